The minimum absolute atomic E-state index is 0.0858. The Bertz CT molecular complexity index is 595. The summed E-state index contributed by atoms with van der Waals surface area (Å²) in [5.74, 6) is -0.0858. The van der Waals surface area contributed by atoms with Gasteiger partial charge in [0.05, 0.1) is 6.04 Å². The van der Waals surface area contributed by atoms with Gasteiger partial charge in [-0.3, -0.25) is 4.79 Å². The predicted molar refractivity (Wildman–Crippen MR) is 82.4 cm³/mol. The van der Waals surface area contributed by atoms with Gasteiger partial charge in [0, 0.05) is 23.6 Å². The van der Waals surface area contributed by atoms with Crippen LogP contribution in [0.2, 0.25) is 0 Å². The van der Waals surface area contributed by atoms with E-state index in [0.29, 0.717) is 6.54 Å². The zero-order valence-electron chi connectivity index (χ0n) is 12.4. The first-order chi connectivity index (χ1) is 9.39. The second-order valence-electron chi connectivity index (χ2n) is 6.24. The fourth-order valence-corrected chi connectivity index (χ4v) is 2.16. The summed E-state index contributed by atoms with van der Waals surface area (Å²) in [4.78, 5) is 15.2. The van der Waals surface area contributed by atoms with Gasteiger partial charge in [-0.15, -0.1) is 0 Å². The van der Waals surface area contributed by atoms with Crippen molar-refractivity contribution in [1.29, 1.82) is 0 Å². The van der Waals surface area contributed by atoms with Crippen LogP contribution in [-0.2, 0) is 11.2 Å². The van der Waals surface area contributed by atoms with Crippen LogP contribution in [0.5, 0.6) is 0 Å². The van der Waals surface area contributed by atoms with Crippen LogP contribution in [0.25, 0.3) is 10.9 Å². The summed E-state index contributed by atoms with van der Waals surface area (Å²) in [6.45, 7) is 6.51. The van der Waals surface area contributed by atoms with E-state index in [0.717, 1.165) is 11.9 Å². The molecule has 4 heteroatoms. The van der Waals surface area contributed by atoms with Crippen LogP contribution in [-0.4, -0.2) is 23.5 Å². The van der Waals surface area contributed by atoms with Crippen molar-refractivity contribution in [3.63, 3.8) is 0 Å². The average molecular weight is 273 g/mol. The quantitative estimate of drug-likeness (QED) is 0.799. The van der Waals surface area contributed by atoms with Gasteiger partial charge in [-0.1, -0.05) is 39.0 Å². The lowest BCUT2D eigenvalue weighted by atomic mass is 9.87. The molecule has 4 nitrogen and oxygen atoms in total. The predicted octanol–water partition coefficient (Wildman–Crippen LogP) is 2.20. The first-order valence-corrected chi connectivity index (χ1v) is 6.98. The van der Waals surface area contributed by atoms with Crippen LogP contribution in [0.4, 0.5) is 0 Å². The van der Waals surface area contributed by atoms with Crippen LogP contribution in [0.1, 0.15) is 26.3 Å². The Balaban J connectivity index is 1.92. The highest BCUT2D eigenvalue weighted by molar-refractivity contribution is 5.84. The number of aromatic nitrogens is 1. The van der Waals surface area contributed by atoms with E-state index < -0.39 is 6.04 Å². The normalized spacial score (nSPS) is 13.4. The maximum absolute atomic E-state index is 11.9. The van der Waals surface area contributed by atoms with E-state index in [4.69, 9.17) is 5.73 Å². The molecule has 1 aromatic carbocycles. The highest BCUT2D eigenvalue weighted by Crippen LogP contribution is 2.18. The molecule has 2 aromatic rings. The first-order valence-electron chi connectivity index (χ1n) is 6.98. The van der Waals surface area contributed by atoms with Gasteiger partial charge in [-0.05, 0) is 23.5 Å². The van der Waals surface area contributed by atoms with Crippen LogP contribution in [0.3, 0.4) is 0 Å². The molecule has 1 heterocycles. The van der Waals surface area contributed by atoms with E-state index in [1.807, 2.05) is 45.2 Å². The van der Waals surface area contributed by atoms with E-state index in [1.165, 1.54) is 10.9 Å². The van der Waals surface area contributed by atoms with Crippen molar-refractivity contribution in [1.82, 2.24) is 10.3 Å². The number of fused-ring (bicyclic) bond motifs is 1. The Morgan fingerprint density at radius 1 is 1.35 bits per heavy atom. The van der Waals surface area contributed by atoms with Crippen molar-refractivity contribution < 1.29 is 4.79 Å². The highest BCUT2D eigenvalue weighted by Gasteiger charge is 2.26. The third-order valence-corrected chi connectivity index (χ3v) is 3.58. The number of H-pyrrole nitrogens is 1. The van der Waals surface area contributed by atoms with Crippen molar-refractivity contribution in [2.24, 2.45) is 11.1 Å². The van der Waals surface area contributed by atoms with Crippen LogP contribution in [0, 0.1) is 5.41 Å². The molecular formula is C16H23N3O. The number of nitrogens with one attached hydrogen (secondary N) is 2. The SMILES string of the molecule is CC(C)(C)[C@@H](N)C(=O)NCCc1c[nH]c2ccccc12. The van der Waals surface area contributed by atoms with E-state index in [-0.39, 0.29) is 11.3 Å². The molecule has 2 rings (SSSR count). The standard InChI is InChI=1S/C16H23N3O/c1-16(2,3)14(17)15(20)18-9-8-11-10-19-13-7-5-4-6-12(11)13/h4-7,10,14,19H,8-9,17H2,1-3H3,(H,18,20)/t14-/m0/s1. The molecule has 4 N–H and O–H groups in total. The maximum Gasteiger partial charge on any atom is 0.237 e. The third-order valence-electron chi connectivity index (χ3n) is 3.58. The number of hydrogen-bond donors (Lipinski definition) is 3. The van der Waals surface area contributed by atoms with Gasteiger partial charge < -0.3 is 16.0 Å². The van der Waals surface area contributed by atoms with Crippen LogP contribution < -0.4 is 11.1 Å². The number of rotatable bonds is 4. The lowest BCUT2D eigenvalue weighted by molar-refractivity contribution is -0.124. The lowest BCUT2D eigenvalue weighted by Crippen LogP contribution is -2.48. The number of carbonyl (C=O) groups is 1. The van der Waals surface area contributed by atoms with Gasteiger partial charge in [0.2, 0.25) is 5.91 Å². The number of aromatic amines is 1. The second-order valence-corrected chi connectivity index (χ2v) is 6.24. The summed E-state index contributed by atoms with van der Waals surface area (Å²) >= 11 is 0. The highest BCUT2D eigenvalue weighted by atomic mass is 16.2. The number of amides is 1. The van der Waals surface area contributed by atoms with Gasteiger partial charge in [-0.2, -0.15) is 0 Å². The van der Waals surface area contributed by atoms with Crippen LogP contribution >= 0.6 is 0 Å². The average Bonchev–Trinajstić information content (AvgIpc) is 2.80. The smallest absolute Gasteiger partial charge is 0.237 e. The monoisotopic (exact) mass is 273 g/mol. The van der Waals surface area contributed by atoms with E-state index >= 15 is 0 Å². The Morgan fingerprint density at radius 2 is 2.05 bits per heavy atom. The number of nitrogens with two attached hydrogens (primary N) is 1. The molecule has 0 bridgehead atoms. The van der Waals surface area contributed by atoms with Crippen molar-refractivity contribution >= 4 is 16.8 Å². The molecule has 0 radical (unpaired) electrons. The van der Waals surface area contributed by atoms with Gasteiger partial charge in [0.15, 0.2) is 0 Å². The molecule has 0 aliphatic carbocycles. The molecule has 0 spiro atoms. The summed E-state index contributed by atoms with van der Waals surface area (Å²) < 4.78 is 0. The number of hydrogen-bond acceptors (Lipinski definition) is 2. The fourth-order valence-electron chi connectivity index (χ4n) is 2.16. The van der Waals surface area contributed by atoms with Crippen LogP contribution in [0.15, 0.2) is 30.5 Å². The molecule has 0 aliphatic rings. The van der Waals surface area contributed by atoms with Gasteiger partial charge >= 0.3 is 0 Å². The minimum Gasteiger partial charge on any atom is -0.361 e. The van der Waals surface area contributed by atoms with Gasteiger partial charge in [-0.25, -0.2) is 0 Å². The number of benzene rings is 1. The number of para-hydroxylation sites is 1. The Kier molecular flexibility index (Phi) is 4.14. The third kappa shape index (κ3) is 3.20. The summed E-state index contributed by atoms with van der Waals surface area (Å²) in [6.07, 6.45) is 2.80. The van der Waals surface area contributed by atoms with Crippen molar-refractivity contribution in [2.45, 2.75) is 33.2 Å². The molecule has 20 heavy (non-hydrogen) atoms. The molecule has 1 amide bonds. The van der Waals surface area contributed by atoms with E-state index in [1.54, 1.807) is 0 Å². The molecule has 108 valence electrons. The van der Waals surface area contributed by atoms with E-state index in [9.17, 15) is 4.79 Å². The number of carbonyl (C=O) groups excluding carboxylic acids is 1. The topological polar surface area (TPSA) is 70.9 Å². The summed E-state index contributed by atoms with van der Waals surface area (Å²) in [7, 11) is 0. The van der Waals surface area contributed by atoms with Gasteiger partial charge in [0.25, 0.3) is 0 Å². The largest absolute Gasteiger partial charge is 0.361 e. The summed E-state index contributed by atoms with van der Waals surface area (Å²) in [6, 6.07) is 7.68. The molecular weight excluding hydrogens is 250 g/mol. The van der Waals surface area contributed by atoms with Gasteiger partial charge in [0.1, 0.15) is 0 Å². The molecule has 0 fully saturated rings. The van der Waals surface area contributed by atoms with Crippen molar-refractivity contribution in [3.8, 4) is 0 Å². The second kappa shape index (κ2) is 5.67. The summed E-state index contributed by atoms with van der Waals surface area (Å²) in [5.41, 5.74) is 8.05. The molecule has 0 saturated heterocycles. The molecule has 1 aromatic heterocycles. The zero-order valence-corrected chi connectivity index (χ0v) is 12.4. The molecule has 1 atom stereocenters. The van der Waals surface area contributed by atoms with Crippen molar-refractivity contribution in [3.05, 3.63) is 36.0 Å². The van der Waals surface area contributed by atoms with E-state index in [2.05, 4.69) is 16.4 Å². The van der Waals surface area contributed by atoms with Crippen molar-refractivity contribution in [2.75, 3.05) is 6.54 Å². The first kappa shape index (κ1) is 14.6. The Labute approximate surface area is 119 Å². The summed E-state index contributed by atoms with van der Waals surface area (Å²) in [5, 5.41) is 4.12. The minimum atomic E-state index is -0.481. The fraction of sp³-hybridized carbons (Fsp3) is 0.438. The molecule has 0 saturated carbocycles. The lowest BCUT2D eigenvalue weighted by Gasteiger charge is -2.25. The Hall–Kier alpha value is -1.81. The molecule has 0 unspecified atom stereocenters. The Morgan fingerprint density at radius 3 is 2.75 bits per heavy atom. The molecule has 0 aliphatic heterocycles. The zero-order chi connectivity index (χ0) is 14.8. The maximum atomic E-state index is 11.9.